The van der Waals surface area contributed by atoms with Gasteiger partial charge in [-0.15, -0.1) is 10.1 Å². The minimum absolute atomic E-state index is 0.982. The van der Waals surface area contributed by atoms with Gasteiger partial charge in [0, 0.05) is 26.2 Å². The van der Waals surface area contributed by atoms with Gasteiger partial charge in [-0.2, -0.15) is 0 Å². The van der Waals surface area contributed by atoms with Crippen molar-refractivity contribution in [2.24, 2.45) is 0 Å². The zero-order chi connectivity index (χ0) is 7.31. The summed E-state index contributed by atoms with van der Waals surface area (Å²) in [6.07, 6.45) is 0. The van der Waals surface area contributed by atoms with Gasteiger partial charge in [-0.1, -0.05) is 9.25 Å². The monoisotopic (exact) mass is 178 g/mol. The fraction of sp³-hybridized carbons (Fsp3) is 1.00. The van der Waals surface area contributed by atoms with Crippen LogP contribution in [0, 0.1) is 0 Å². The van der Waals surface area contributed by atoms with Crippen molar-refractivity contribution in [3.63, 3.8) is 0 Å². The molecule has 3 rings (SSSR count). The predicted molar refractivity (Wildman–Crippen MR) is 36.5 cm³/mol. The molecule has 0 aromatic carbocycles. The molecule has 0 bridgehead atoms. The number of nitrogens with one attached hydrogen (secondary N) is 1. The van der Waals surface area contributed by atoms with Crippen molar-refractivity contribution in [1.29, 1.82) is 0 Å². The van der Waals surface area contributed by atoms with Crippen LogP contribution in [0.5, 0.6) is 0 Å². The van der Waals surface area contributed by atoms with Crippen LogP contribution in [0.2, 0.25) is 0 Å². The van der Waals surface area contributed by atoms with Gasteiger partial charge in [0.2, 0.25) is 0 Å². The molecule has 0 amide bonds. The lowest BCUT2D eigenvalue weighted by molar-refractivity contribution is -0.00709. The third-order valence-corrected chi connectivity index (χ3v) is 2.87. The first-order valence-corrected chi connectivity index (χ1v) is 5.15. The fourth-order valence-corrected chi connectivity index (χ4v) is 2.03. The summed E-state index contributed by atoms with van der Waals surface area (Å²) in [5.41, 5.74) is 0. The molecule has 62 valence electrons. The molecule has 0 radical (unpaired) electrons. The molecule has 0 aromatic heterocycles. The highest BCUT2D eigenvalue weighted by molar-refractivity contribution is 7.64. The Balaban J connectivity index is 1.54. The summed E-state index contributed by atoms with van der Waals surface area (Å²) >= 11 is 0. The normalized spacial score (nSPS) is 33.8. The van der Waals surface area contributed by atoms with Gasteiger partial charge in [0.05, 0.1) is 5.25 Å². The van der Waals surface area contributed by atoms with E-state index in [1.54, 1.807) is 0 Å². The van der Waals surface area contributed by atoms with Crippen LogP contribution in [0.1, 0.15) is 0 Å². The molecule has 3 fully saturated rings. The van der Waals surface area contributed by atoms with Gasteiger partial charge < -0.3 is 0 Å². The molecular formula is C4H9N3O3P+. The first kappa shape index (κ1) is 6.68. The maximum atomic E-state index is 5.36. The van der Waals surface area contributed by atoms with Gasteiger partial charge in [-0.05, 0) is 4.62 Å². The van der Waals surface area contributed by atoms with Crippen LogP contribution in [-0.2, 0) is 13.9 Å². The molecule has 0 saturated carbocycles. The predicted octanol–water partition coefficient (Wildman–Crippen LogP) is -0.307. The standard InChI is InChI=1S/C4H9N3O3P/c1-2-6(1)9-11(5-8-11)10-7-3-4-7/h5H,1-4H2/q+1. The van der Waals surface area contributed by atoms with Crippen LogP contribution < -0.4 is 5.25 Å². The summed E-state index contributed by atoms with van der Waals surface area (Å²) in [5.74, 6) is 0. The van der Waals surface area contributed by atoms with Gasteiger partial charge >= 0.3 is 8.09 Å². The van der Waals surface area contributed by atoms with Gasteiger partial charge in [0.15, 0.2) is 0 Å². The van der Waals surface area contributed by atoms with E-state index in [2.05, 4.69) is 5.25 Å². The Hall–Kier alpha value is 0.190. The Kier molecular flexibility index (Phi) is 1.28. The lowest BCUT2D eigenvalue weighted by Crippen LogP contribution is -2.03. The average molecular weight is 178 g/mol. The number of nitrogens with zero attached hydrogens (tertiary/aromatic N) is 2. The molecule has 3 saturated heterocycles. The minimum atomic E-state index is -2.08. The van der Waals surface area contributed by atoms with Crippen LogP contribution >= 0.6 is 8.09 Å². The van der Waals surface area contributed by atoms with Crippen LogP contribution in [-0.4, -0.2) is 36.3 Å². The van der Waals surface area contributed by atoms with E-state index in [4.69, 9.17) is 13.9 Å². The summed E-state index contributed by atoms with van der Waals surface area (Å²) in [6.45, 7) is 3.93. The van der Waals surface area contributed by atoms with E-state index in [1.165, 1.54) is 0 Å². The maximum absolute atomic E-state index is 5.36. The van der Waals surface area contributed by atoms with Gasteiger partial charge in [0.1, 0.15) is 0 Å². The quantitative estimate of drug-likeness (QED) is 0.470. The van der Waals surface area contributed by atoms with Crippen molar-refractivity contribution in [1.82, 2.24) is 15.4 Å². The molecule has 3 aliphatic heterocycles. The summed E-state index contributed by atoms with van der Waals surface area (Å²) in [6, 6.07) is 0. The number of rotatable bonds is 4. The lowest BCUT2D eigenvalue weighted by Gasteiger charge is -1.97. The smallest absolute Gasteiger partial charge is 0.139 e. The third-order valence-electron chi connectivity index (χ3n) is 1.50. The Bertz CT molecular complexity index is 163. The number of hydroxylamine groups is 4. The summed E-state index contributed by atoms with van der Waals surface area (Å²) in [5, 5.41) is 6.31. The molecule has 0 atom stereocenters. The first-order chi connectivity index (χ1) is 5.36. The van der Waals surface area contributed by atoms with Crippen LogP contribution in [0.25, 0.3) is 0 Å². The second-order valence-corrected chi connectivity index (χ2v) is 4.39. The van der Waals surface area contributed by atoms with Gasteiger partial charge in [0.25, 0.3) is 0 Å². The molecule has 0 unspecified atom stereocenters. The molecule has 0 spiro atoms. The molecule has 3 heterocycles. The van der Waals surface area contributed by atoms with Crippen molar-refractivity contribution in [2.75, 3.05) is 26.2 Å². The van der Waals surface area contributed by atoms with E-state index in [0.717, 1.165) is 26.2 Å². The molecule has 6 nitrogen and oxygen atoms in total. The second kappa shape index (κ2) is 2.11. The molecule has 11 heavy (non-hydrogen) atoms. The highest BCUT2D eigenvalue weighted by atomic mass is 31.2. The van der Waals surface area contributed by atoms with Crippen LogP contribution in [0.4, 0.5) is 0 Å². The van der Waals surface area contributed by atoms with E-state index in [1.807, 2.05) is 10.1 Å². The lowest BCUT2D eigenvalue weighted by atomic mass is 11.0. The topological polar surface area (TPSA) is 59.0 Å². The molecule has 0 aromatic rings. The van der Waals surface area contributed by atoms with Crippen LogP contribution in [0.15, 0.2) is 0 Å². The van der Waals surface area contributed by atoms with E-state index < -0.39 is 8.09 Å². The maximum Gasteiger partial charge on any atom is 0.588 e. The largest absolute Gasteiger partial charge is 0.588 e. The first-order valence-electron chi connectivity index (χ1n) is 3.61. The second-order valence-electron chi connectivity index (χ2n) is 2.70. The van der Waals surface area contributed by atoms with E-state index in [-0.39, 0.29) is 0 Å². The van der Waals surface area contributed by atoms with Crippen molar-refractivity contribution in [3.8, 4) is 0 Å². The Morgan fingerprint density at radius 1 is 1.09 bits per heavy atom. The molecular weight excluding hydrogens is 169 g/mol. The summed E-state index contributed by atoms with van der Waals surface area (Å²) in [7, 11) is -2.08. The summed E-state index contributed by atoms with van der Waals surface area (Å²) in [4.78, 5) is 0. The van der Waals surface area contributed by atoms with Gasteiger partial charge in [-0.3, -0.25) is 0 Å². The fourth-order valence-electron chi connectivity index (χ4n) is 0.664. The van der Waals surface area contributed by atoms with E-state index in [0.29, 0.717) is 0 Å². The zero-order valence-electron chi connectivity index (χ0n) is 5.89. The summed E-state index contributed by atoms with van der Waals surface area (Å²) < 4.78 is 15.6. The van der Waals surface area contributed by atoms with Crippen molar-refractivity contribution in [3.05, 3.63) is 0 Å². The molecule has 1 N–H and O–H groups in total. The van der Waals surface area contributed by atoms with Crippen molar-refractivity contribution in [2.45, 2.75) is 0 Å². The Morgan fingerprint density at radius 3 is 1.82 bits per heavy atom. The molecule has 0 aliphatic carbocycles. The minimum Gasteiger partial charge on any atom is -0.139 e. The number of hydrogen-bond donors (Lipinski definition) is 1. The van der Waals surface area contributed by atoms with E-state index in [9.17, 15) is 0 Å². The van der Waals surface area contributed by atoms with Crippen molar-refractivity contribution < 1.29 is 13.9 Å². The van der Waals surface area contributed by atoms with Crippen molar-refractivity contribution >= 4 is 8.09 Å². The average Bonchev–Trinajstić information content (AvgIpc) is 2.68. The third kappa shape index (κ3) is 1.52. The molecule has 7 heteroatoms. The van der Waals surface area contributed by atoms with Gasteiger partial charge in [-0.25, -0.2) is 0 Å². The number of hydrogen-bond acceptors (Lipinski definition) is 6. The highest BCUT2D eigenvalue weighted by Crippen LogP contribution is 2.71. The van der Waals surface area contributed by atoms with Crippen LogP contribution in [0.3, 0.4) is 0 Å². The zero-order valence-corrected chi connectivity index (χ0v) is 6.79. The van der Waals surface area contributed by atoms with E-state index >= 15 is 0 Å². The SMILES string of the molecule is C1CN1O[P+]1(ON2CC2)NO1. The Morgan fingerprint density at radius 2 is 1.55 bits per heavy atom. The molecule has 3 aliphatic rings. The Labute approximate surface area is 64.5 Å². The highest BCUT2D eigenvalue weighted by Gasteiger charge is 2.71.